The number of nitrogens with zero attached hydrogens (tertiary/aromatic N) is 2. The van der Waals surface area contributed by atoms with Gasteiger partial charge in [0.2, 0.25) is 10.0 Å². The van der Waals surface area contributed by atoms with Crippen LogP contribution >= 0.6 is 0 Å². The Morgan fingerprint density at radius 3 is 2.43 bits per heavy atom. The second-order valence-corrected chi connectivity index (χ2v) is 6.94. The maximum absolute atomic E-state index is 12.7. The number of para-hydroxylation sites is 1. The molecule has 116 valence electrons. The average molecular weight is 315 g/mol. The van der Waals surface area contributed by atoms with Gasteiger partial charge in [0, 0.05) is 13.1 Å². The Morgan fingerprint density at radius 2 is 1.90 bits per heavy atom. The Hall–Kier alpha value is -1.71. The van der Waals surface area contributed by atoms with Gasteiger partial charge < -0.3 is 10.5 Å². The molecule has 0 amide bonds. The second-order valence-electron chi connectivity index (χ2n) is 5.03. The fourth-order valence-corrected chi connectivity index (χ4v) is 4.19. The van der Waals surface area contributed by atoms with Crippen molar-refractivity contribution in [2.24, 2.45) is 0 Å². The third kappa shape index (κ3) is 2.99. The standard InChI is InChI=1S/C12H17N3O5S/c1-8-6-14(7-9(2)20-8)21(18,19)11-5-3-4-10(13)12(11)15(16)17/h3-5,8-9H,6-7,13H2,1-2H3/t8-,9+. The highest BCUT2D eigenvalue weighted by molar-refractivity contribution is 7.89. The van der Waals surface area contributed by atoms with Gasteiger partial charge in [-0.05, 0) is 26.0 Å². The van der Waals surface area contributed by atoms with Crippen LogP contribution in [0.2, 0.25) is 0 Å². The molecule has 0 aliphatic carbocycles. The number of rotatable bonds is 3. The first-order chi connectivity index (χ1) is 9.73. The molecule has 8 nitrogen and oxygen atoms in total. The van der Waals surface area contributed by atoms with E-state index in [4.69, 9.17) is 10.5 Å². The summed E-state index contributed by atoms with van der Waals surface area (Å²) in [6, 6.07) is 3.90. The Labute approximate surface area is 122 Å². The van der Waals surface area contributed by atoms with E-state index in [0.29, 0.717) is 0 Å². The number of nitro groups is 1. The van der Waals surface area contributed by atoms with E-state index in [0.717, 1.165) is 0 Å². The minimum atomic E-state index is -3.99. The third-order valence-electron chi connectivity index (χ3n) is 3.22. The Morgan fingerprint density at radius 1 is 1.33 bits per heavy atom. The fourth-order valence-electron chi connectivity index (χ4n) is 2.41. The van der Waals surface area contributed by atoms with Gasteiger partial charge in [-0.25, -0.2) is 8.42 Å². The quantitative estimate of drug-likeness (QED) is 0.505. The van der Waals surface area contributed by atoms with Crippen molar-refractivity contribution in [1.29, 1.82) is 0 Å². The molecule has 1 aromatic rings. The number of hydrogen-bond donors (Lipinski definition) is 1. The van der Waals surface area contributed by atoms with Gasteiger partial charge in [-0.15, -0.1) is 0 Å². The van der Waals surface area contributed by atoms with Crippen LogP contribution in [0, 0.1) is 10.1 Å². The van der Waals surface area contributed by atoms with Gasteiger partial charge in [0.25, 0.3) is 0 Å². The monoisotopic (exact) mass is 315 g/mol. The number of nitrogens with two attached hydrogens (primary N) is 1. The van der Waals surface area contributed by atoms with Crippen molar-refractivity contribution in [1.82, 2.24) is 4.31 Å². The van der Waals surface area contributed by atoms with Crippen molar-refractivity contribution < 1.29 is 18.1 Å². The first-order valence-electron chi connectivity index (χ1n) is 6.42. The first-order valence-corrected chi connectivity index (χ1v) is 7.86. The summed E-state index contributed by atoms with van der Waals surface area (Å²) in [5.74, 6) is 0. The summed E-state index contributed by atoms with van der Waals surface area (Å²) in [5.41, 5.74) is 4.80. The van der Waals surface area contributed by atoms with Crippen LogP contribution in [0.3, 0.4) is 0 Å². The lowest BCUT2D eigenvalue weighted by atomic mass is 10.3. The molecule has 2 rings (SSSR count). The van der Waals surface area contributed by atoms with Crippen LogP contribution in [0.4, 0.5) is 11.4 Å². The highest BCUT2D eigenvalue weighted by atomic mass is 32.2. The number of morpholine rings is 1. The summed E-state index contributed by atoms with van der Waals surface area (Å²) in [6.45, 7) is 3.81. The summed E-state index contributed by atoms with van der Waals surface area (Å²) in [5, 5.41) is 11.1. The van der Waals surface area contributed by atoms with Crippen LogP contribution in [-0.4, -0.2) is 42.9 Å². The van der Waals surface area contributed by atoms with Crippen LogP contribution in [0.25, 0.3) is 0 Å². The number of nitrogen functional groups attached to an aromatic ring is 1. The number of ether oxygens (including phenoxy) is 1. The maximum atomic E-state index is 12.7. The third-order valence-corrected chi connectivity index (χ3v) is 5.08. The van der Waals surface area contributed by atoms with Gasteiger partial charge in [0.05, 0.1) is 17.1 Å². The smallest absolute Gasteiger partial charge is 0.312 e. The first kappa shape index (κ1) is 15.7. The van der Waals surface area contributed by atoms with E-state index in [-0.39, 0.29) is 35.9 Å². The highest BCUT2D eigenvalue weighted by Crippen LogP contribution is 2.32. The topological polar surface area (TPSA) is 116 Å². The summed E-state index contributed by atoms with van der Waals surface area (Å²) in [6.07, 6.45) is -0.549. The van der Waals surface area contributed by atoms with E-state index in [1.807, 2.05) is 0 Å². The predicted molar refractivity (Wildman–Crippen MR) is 76.3 cm³/mol. The van der Waals surface area contributed by atoms with Gasteiger partial charge in [-0.1, -0.05) is 6.07 Å². The van der Waals surface area contributed by atoms with E-state index in [9.17, 15) is 18.5 Å². The highest BCUT2D eigenvalue weighted by Gasteiger charge is 2.37. The minimum Gasteiger partial charge on any atom is -0.393 e. The molecule has 1 aromatic carbocycles. The number of anilines is 1. The molecule has 0 saturated carbocycles. The van der Waals surface area contributed by atoms with E-state index >= 15 is 0 Å². The lowest BCUT2D eigenvalue weighted by molar-refractivity contribution is -0.386. The molecule has 2 N–H and O–H groups in total. The Kier molecular flexibility index (Phi) is 4.17. The van der Waals surface area contributed by atoms with Crippen molar-refractivity contribution in [2.75, 3.05) is 18.8 Å². The lowest BCUT2D eigenvalue weighted by Gasteiger charge is -2.34. The van der Waals surface area contributed by atoms with Gasteiger partial charge in [0.1, 0.15) is 5.69 Å². The van der Waals surface area contributed by atoms with E-state index in [2.05, 4.69) is 0 Å². The average Bonchev–Trinajstić information content (AvgIpc) is 2.36. The van der Waals surface area contributed by atoms with Crippen molar-refractivity contribution in [2.45, 2.75) is 31.0 Å². The molecule has 1 saturated heterocycles. The Bertz CT molecular complexity index is 651. The molecule has 0 aromatic heterocycles. The molecule has 21 heavy (non-hydrogen) atoms. The zero-order valence-electron chi connectivity index (χ0n) is 11.7. The van der Waals surface area contributed by atoms with Crippen molar-refractivity contribution >= 4 is 21.4 Å². The molecule has 0 radical (unpaired) electrons. The van der Waals surface area contributed by atoms with E-state index < -0.39 is 20.6 Å². The van der Waals surface area contributed by atoms with Crippen LogP contribution in [0.1, 0.15) is 13.8 Å². The van der Waals surface area contributed by atoms with Crippen molar-refractivity contribution in [3.63, 3.8) is 0 Å². The molecule has 1 aliphatic heterocycles. The van der Waals surface area contributed by atoms with Crippen LogP contribution in [0.15, 0.2) is 23.1 Å². The van der Waals surface area contributed by atoms with Crippen LogP contribution in [-0.2, 0) is 14.8 Å². The summed E-state index contributed by atoms with van der Waals surface area (Å²) < 4.78 is 32.0. The number of nitro benzene ring substituents is 1. The maximum Gasteiger partial charge on any atom is 0.312 e. The summed E-state index contributed by atoms with van der Waals surface area (Å²) in [7, 11) is -3.99. The van der Waals surface area contributed by atoms with Gasteiger partial charge >= 0.3 is 5.69 Å². The normalized spacial score (nSPS) is 23.9. The molecule has 1 fully saturated rings. The number of hydrogen-bond acceptors (Lipinski definition) is 6. The number of benzene rings is 1. The van der Waals surface area contributed by atoms with E-state index in [1.165, 1.54) is 22.5 Å². The molecular formula is C12H17N3O5S. The van der Waals surface area contributed by atoms with Crippen LogP contribution < -0.4 is 5.73 Å². The minimum absolute atomic E-state index is 0.151. The second kappa shape index (κ2) is 5.58. The zero-order chi connectivity index (χ0) is 15.8. The van der Waals surface area contributed by atoms with Crippen molar-refractivity contribution in [3.8, 4) is 0 Å². The molecule has 2 atom stereocenters. The molecule has 0 bridgehead atoms. The van der Waals surface area contributed by atoms with Gasteiger partial charge in [0.15, 0.2) is 4.90 Å². The largest absolute Gasteiger partial charge is 0.393 e. The predicted octanol–water partition coefficient (Wildman–Crippen LogP) is 0.975. The molecule has 0 unspecified atom stereocenters. The lowest BCUT2D eigenvalue weighted by Crippen LogP contribution is -2.48. The van der Waals surface area contributed by atoms with E-state index in [1.54, 1.807) is 13.8 Å². The summed E-state index contributed by atoms with van der Waals surface area (Å²) >= 11 is 0. The van der Waals surface area contributed by atoms with Crippen molar-refractivity contribution in [3.05, 3.63) is 28.3 Å². The summed E-state index contributed by atoms with van der Waals surface area (Å²) in [4.78, 5) is 9.97. The molecular weight excluding hydrogens is 298 g/mol. The number of sulfonamides is 1. The van der Waals surface area contributed by atoms with Gasteiger partial charge in [-0.3, -0.25) is 10.1 Å². The SMILES string of the molecule is C[C@@H]1CN(S(=O)(=O)c2cccc(N)c2[N+](=O)[O-])C[C@H](C)O1. The van der Waals surface area contributed by atoms with Gasteiger partial charge in [-0.2, -0.15) is 4.31 Å². The molecule has 0 spiro atoms. The fraction of sp³-hybridized carbons (Fsp3) is 0.500. The molecule has 1 heterocycles. The zero-order valence-corrected chi connectivity index (χ0v) is 12.5. The Balaban J connectivity index is 2.50. The molecule has 1 aliphatic rings. The van der Waals surface area contributed by atoms with Crippen LogP contribution in [0.5, 0.6) is 0 Å². The molecule has 9 heteroatoms.